The van der Waals surface area contributed by atoms with Crippen LogP contribution in [0.25, 0.3) is 0 Å². The molecule has 0 bridgehead atoms. The Labute approximate surface area is 149 Å². The third-order valence-electron chi connectivity index (χ3n) is 5.36. The predicted octanol–water partition coefficient (Wildman–Crippen LogP) is 4.73. The highest BCUT2D eigenvalue weighted by Gasteiger charge is 2.46. The summed E-state index contributed by atoms with van der Waals surface area (Å²) in [7, 11) is 0. The van der Waals surface area contributed by atoms with Crippen molar-refractivity contribution in [3.8, 4) is 0 Å². The third kappa shape index (κ3) is 4.25. The van der Waals surface area contributed by atoms with Crippen molar-refractivity contribution < 1.29 is 13.9 Å². The summed E-state index contributed by atoms with van der Waals surface area (Å²) in [5.74, 6) is -0.162. The number of carbonyl (C=O) groups excluding carboxylic acids is 1. The highest BCUT2D eigenvalue weighted by atomic mass is 19.1. The summed E-state index contributed by atoms with van der Waals surface area (Å²) in [6.07, 6.45) is 4.11. The van der Waals surface area contributed by atoms with Gasteiger partial charge in [-0.15, -0.1) is 0 Å². The Balaban J connectivity index is 1.46. The zero-order chi connectivity index (χ0) is 18.2. The second kappa shape index (κ2) is 6.50. The van der Waals surface area contributed by atoms with Gasteiger partial charge in [-0.2, -0.15) is 0 Å². The number of carbonyl (C=O) groups is 1. The number of halogens is 1. The molecular formula is C20H29FN2O2. The number of hydrogen-bond acceptors (Lipinski definition) is 3. The van der Waals surface area contributed by atoms with E-state index in [4.69, 9.17) is 4.74 Å². The number of benzene rings is 1. The van der Waals surface area contributed by atoms with Crippen LogP contribution in [0, 0.1) is 18.2 Å². The Morgan fingerprint density at radius 2 is 1.92 bits per heavy atom. The fourth-order valence-electron chi connectivity index (χ4n) is 3.96. The maximum Gasteiger partial charge on any atom is 0.410 e. The molecule has 138 valence electrons. The zero-order valence-electron chi connectivity index (χ0n) is 15.7. The Hall–Kier alpha value is -1.78. The van der Waals surface area contributed by atoms with Crippen LogP contribution in [0.15, 0.2) is 18.2 Å². The maximum absolute atomic E-state index is 13.4. The molecule has 1 spiro atoms. The SMILES string of the molecule is Cc1cc(NC2CC3(CCN(C(=O)OC(C)(C)C)CC3)C2)ccc1F. The second-order valence-corrected chi connectivity index (χ2v) is 8.68. The minimum atomic E-state index is -0.439. The van der Waals surface area contributed by atoms with E-state index in [9.17, 15) is 9.18 Å². The summed E-state index contributed by atoms with van der Waals surface area (Å²) in [6.45, 7) is 9.03. The molecule has 1 saturated carbocycles. The number of hydrogen-bond donors (Lipinski definition) is 1. The first-order valence-corrected chi connectivity index (χ1v) is 9.16. The lowest BCUT2D eigenvalue weighted by atomic mass is 9.60. The first kappa shape index (κ1) is 18.0. The van der Waals surface area contributed by atoms with Crippen molar-refractivity contribution in [3.63, 3.8) is 0 Å². The Kier molecular flexibility index (Phi) is 4.69. The normalized spacial score (nSPS) is 20.3. The van der Waals surface area contributed by atoms with Gasteiger partial charge in [-0.05, 0) is 82.6 Å². The molecule has 0 atom stereocenters. The van der Waals surface area contributed by atoms with Gasteiger partial charge in [0.15, 0.2) is 0 Å². The molecule has 1 aromatic carbocycles. The number of amides is 1. The van der Waals surface area contributed by atoms with Crippen molar-refractivity contribution in [1.82, 2.24) is 4.90 Å². The van der Waals surface area contributed by atoms with Crippen molar-refractivity contribution in [2.24, 2.45) is 5.41 Å². The predicted molar refractivity (Wildman–Crippen MR) is 97.3 cm³/mol. The van der Waals surface area contributed by atoms with E-state index in [1.807, 2.05) is 31.7 Å². The smallest absolute Gasteiger partial charge is 0.410 e. The summed E-state index contributed by atoms with van der Waals surface area (Å²) < 4.78 is 18.8. The molecule has 0 aromatic heterocycles. The fraction of sp³-hybridized carbons (Fsp3) is 0.650. The molecule has 1 amide bonds. The second-order valence-electron chi connectivity index (χ2n) is 8.68. The van der Waals surface area contributed by atoms with E-state index in [1.165, 1.54) is 6.07 Å². The van der Waals surface area contributed by atoms with Gasteiger partial charge in [0.1, 0.15) is 11.4 Å². The topological polar surface area (TPSA) is 41.6 Å². The Morgan fingerprint density at radius 1 is 1.28 bits per heavy atom. The minimum Gasteiger partial charge on any atom is -0.444 e. The molecule has 2 aliphatic rings. The van der Waals surface area contributed by atoms with Crippen LogP contribution in [0.3, 0.4) is 0 Å². The molecule has 1 aliphatic heterocycles. The van der Waals surface area contributed by atoms with E-state index >= 15 is 0 Å². The Bertz CT molecular complexity index is 638. The maximum atomic E-state index is 13.4. The lowest BCUT2D eigenvalue weighted by Crippen LogP contribution is -2.53. The van der Waals surface area contributed by atoms with Gasteiger partial charge in [0.25, 0.3) is 0 Å². The molecule has 1 aromatic rings. The summed E-state index contributed by atoms with van der Waals surface area (Å²) in [6, 6.07) is 5.63. The van der Waals surface area contributed by atoms with Gasteiger partial charge < -0.3 is 15.0 Å². The van der Waals surface area contributed by atoms with E-state index in [-0.39, 0.29) is 11.9 Å². The van der Waals surface area contributed by atoms with E-state index in [0.29, 0.717) is 17.0 Å². The van der Waals surface area contributed by atoms with Crippen molar-refractivity contribution in [2.75, 3.05) is 18.4 Å². The summed E-state index contributed by atoms with van der Waals surface area (Å²) in [5.41, 5.74) is 1.57. The van der Waals surface area contributed by atoms with Gasteiger partial charge in [-0.25, -0.2) is 9.18 Å². The van der Waals surface area contributed by atoms with Crippen molar-refractivity contribution in [2.45, 2.75) is 65.0 Å². The van der Waals surface area contributed by atoms with Crippen molar-refractivity contribution in [1.29, 1.82) is 0 Å². The lowest BCUT2D eigenvalue weighted by molar-refractivity contribution is -0.00859. The van der Waals surface area contributed by atoms with Crippen LogP contribution in [-0.2, 0) is 4.74 Å². The summed E-state index contributed by atoms with van der Waals surface area (Å²) >= 11 is 0. The summed E-state index contributed by atoms with van der Waals surface area (Å²) in [5, 5.41) is 3.51. The number of aryl methyl sites for hydroxylation is 1. The average molecular weight is 348 g/mol. The van der Waals surface area contributed by atoms with Crippen molar-refractivity contribution in [3.05, 3.63) is 29.6 Å². The number of ether oxygens (including phenoxy) is 1. The molecule has 25 heavy (non-hydrogen) atoms. The van der Waals surface area contributed by atoms with Crippen LogP contribution in [0.2, 0.25) is 0 Å². The molecule has 1 heterocycles. The van der Waals surface area contributed by atoms with Gasteiger partial charge in [-0.3, -0.25) is 0 Å². The standard InChI is InChI=1S/C20H29FN2O2/c1-14-11-15(5-6-17(14)21)22-16-12-20(13-16)7-9-23(10-8-20)18(24)25-19(2,3)4/h5-6,11,16,22H,7-10,12-13H2,1-4H3. The average Bonchev–Trinajstić information content (AvgIpc) is 2.48. The number of piperidine rings is 1. The molecule has 5 heteroatoms. The van der Waals surface area contributed by atoms with Crippen LogP contribution >= 0.6 is 0 Å². The van der Waals surface area contributed by atoms with Crippen molar-refractivity contribution >= 4 is 11.8 Å². The molecule has 0 radical (unpaired) electrons. The molecular weight excluding hydrogens is 319 g/mol. The minimum absolute atomic E-state index is 0.162. The molecule has 3 rings (SSSR count). The number of nitrogens with zero attached hydrogens (tertiary/aromatic N) is 1. The van der Waals surface area contributed by atoms with Crippen LogP contribution < -0.4 is 5.32 Å². The van der Waals surface area contributed by atoms with Crippen LogP contribution in [-0.4, -0.2) is 35.7 Å². The molecule has 1 saturated heterocycles. The lowest BCUT2D eigenvalue weighted by Gasteiger charge is -2.52. The van der Waals surface area contributed by atoms with Crippen LogP contribution in [0.5, 0.6) is 0 Å². The largest absolute Gasteiger partial charge is 0.444 e. The van der Waals surface area contributed by atoms with E-state index < -0.39 is 5.60 Å². The van der Waals surface area contributed by atoms with Gasteiger partial charge in [-0.1, -0.05) is 0 Å². The van der Waals surface area contributed by atoms with E-state index in [2.05, 4.69) is 5.32 Å². The molecule has 4 nitrogen and oxygen atoms in total. The highest BCUT2D eigenvalue weighted by molar-refractivity contribution is 5.68. The number of rotatable bonds is 2. The fourth-order valence-corrected chi connectivity index (χ4v) is 3.96. The van der Waals surface area contributed by atoms with E-state index in [1.54, 1.807) is 13.0 Å². The van der Waals surface area contributed by atoms with Crippen LogP contribution in [0.4, 0.5) is 14.9 Å². The first-order valence-electron chi connectivity index (χ1n) is 9.16. The molecule has 0 unspecified atom stereocenters. The van der Waals surface area contributed by atoms with Gasteiger partial charge >= 0.3 is 6.09 Å². The van der Waals surface area contributed by atoms with Gasteiger partial charge in [0.2, 0.25) is 0 Å². The Morgan fingerprint density at radius 3 is 2.48 bits per heavy atom. The number of likely N-dealkylation sites (tertiary alicyclic amines) is 1. The summed E-state index contributed by atoms with van der Waals surface area (Å²) in [4.78, 5) is 14.0. The van der Waals surface area contributed by atoms with Gasteiger partial charge in [0, 0.05) is 24.8 Å². The third-order valence-corrected chi connectivity index (χ3v) is 5.36. The quantitative estimate of drug-likeness (QED) is 0.840. The molecule has 2 fully saturated rings. The van der Waals surface area contributed by atoms with Gasteiger partial charge in [0.05, 0.1) is 0 Å². The monoisotopic (exact) mass is 348 g/mol. The first-order chi connectivity index (χ1) is 11.7. The van der Waals surface area contributed by atoms with E-state index in [0.717, 1.165) is 44.5 Å². The molecule has 1 N–H and O–H groups in total. The zero-order valence-corrected chi connectivity index (χ0v) is 15.7. The van der Waals surface area contributed by atoms with Crippen LogP contribution in [0.1, 0.15) is 52.0 Å². The number of nitrogens with one attached hydrogen (secondary N) is 1. The molecule has 1 aliphatic carbocycles. The highest BCUT2D eigenvalue weighted by Crippen LogP contribution is 2.50. The number of anilines is 1.